The van der Waals surface area contributed by atoms with Crippen molar-refractivity contribution in [3.05, 3.63) is 29.8 Å². The Labute approximate surface area is 150 Å². The molecule has 1 aliphatic rings. The Bertz CT molecular complexity index is 646. The molecular formula is C16H26ClN3O3S. The highest BCUT2D eigenvalue weighted by atomic mass is 35.5. The molecule has 1 amide bonds. The maximum absolute atomic E-state index is 12.8. The average Bonchev–Trinajstić information content (AvgIpc) is 2.59. The molecule has 0 radical (unpaired) electrons. The number of amides is 1. The van der Waals surface area contributed by atoms with Crippen molar-refractivity contribution in [3.8, 4) is 0 Å². The second-order valence-electron chi connectivity index (χ2n) is 5.89. The molecule has 0 aliphatic heterocycles. The molecular weight excluding hydrogens is 350 g/mol. The highest BCUT2D eigenvalue weighted by Crippen LogP contribution is 2.26. The summed E-state index contributed by atoms with van der Waals surface area (Å²) < 4.78 is 27.1. The molecule has 0 atom stereocenters. The quantitative estimate of drug-likeness (QED) is 0.792. The van der Waals surface area contributed by atoms with Crippen LogP contribution in [0.1, 0.15) is 42.5 Å². The van der Waals surface area contributed by atoms with E-state index in [0.717, 1.165) is 25.7 Å². The number of halogens is 1. The minimum Gasteiger partial charge on any atom is -0.351 e. The zero-order valence-corrected chi connectivity index (χ0v) is 15.5. The number of carbonyl (C=O) groups excluding carboxylic acids is 1. The molecule has 1 fully saturated rings. The van der Waals surface area contributed by atoms with Gasteiger partial charge in [0.25, 0.3) is 5.91 Å². The van der Waals surface area contributed by atoms with Crippen LogP contribution in [-0.2, 0) is 10.0 Å². The van der Waals surface area contributed by atoms with Crippen LogP contribution in [0.4, 0.5) is 0 Å². The van der Waals surface area contributed by atoms with Gasteiger partial charge < -0.3 is 11.1 Å². The second kappa shape index (κ2) is 9.36. The Hall–Kier alpha value is -1.15. The average molecular weight is 376 g/mol. The van der Waals surface area contributed by atoms with E-state index in [9.17, 15) is 13.2 Å². The lowest BCUT2D eigenvalue weighted by Crippen LogP contribution is -2.38. The van der Waals surface area contributed by atoms with Gasteiger partial charge in [0.2, 0.25) is 10.0 Å². The van der Waals surface area contributed by atoms with Crippen LogP contribution in [0.3, 0.4) is 0 Å². The van der Waals surface area contributed by atoms with Crippen LogP contribution < -0.4 is 11.1 Å². The van der Waals surface area contributed by atoms with Gasteiger partial charge >= 0.3 is 0 Å². The summed E-state index contributed by atoms with van der Waals surface area (Å²) in [6.07, 6.45) is 5.08. The summed E-state index contributed by atoms with van der Waals surface area (Å²) in [6, 6.07) is 6.21. The number of nitrogens with two attached hydrogens (primary N) is 1. The van der Waals surface area contributed by atoms with E-state index in [-0.39, 0.29) is 29.3 Å². The van der Waals surface area contributed by atoms with Crippen molar-refractivity contribution >= 4 is 28.3 Å². The molecule has 0 saturated heterocycles. The molecule has 0 bridgehead atoms. The Kier molecular flexibility index (Phi) is 8.15. The monoisotopic (exact) mass is 375 g/mol. The standard InChI is InChI=1S/C16H25N3O3S.ClH/c1-19(14-7-3-2-4-8-14)23(21,22)15-9-5-6-13(12-15)16(20)18-11-10-17;/h5-6,9,12,14H,2-4,7-8,10-11,17H2,1H3,(H,18,20);1H. The third-order valence-corrected chi connectivity index (χ3v) is 6.20. The Morgan fingerprint density at radius 2 is 1.96 bits per heavy atom. The molecule has 0 heterocycles. The van der Waals surface area contributed by atoms with Gasteiger partial charge in [0, 0.05) is 31.7 Å². The van der Waals surface area contributed by atoms with Crippen LogP contribution in [0.5, 0.6) is 0 Å². The Morgan fingerprint density at radius 1 is 1.29 bits per heavy atom. The summed E-state index contributed by atoms with van der Waals surface area (Å²) in [5.74, 6) is -0.312. The van der Waals surface area contributed by atoms with Gasteiger partial charge in [-0.3, -0.25) is 4.79 Å². The highest BCUT2D eigenvalue weighted by molar-refractivity contribution is 7.89. The van der Waals surface area contributed by atoms with Crippen molar-refractivity contribution in [2.45, 2.75) is 43.0 Å². The molecule has 1 aliphatic carbocycles. The van der Waals surface area contributed by atoms with E-state index in [4.69, 9.17) is 5.73 Å². The lowest BCUT2D eigenvalue weighted by molar-refractivity contribution is 0.0954. The minimum absolute atomic E-state index is 0. The van der Waals surface area contributed by atoms with E-state index in [1.807, 2.05) is 0 Å². The lowest BCUT2D eigenvalue weighted by atomic mass is 9.96. The number of carbonyl (C=O) groups is 1. The van der Waals surface area contributed by atoms with E-state index in [1.165, 1.54) is 22.9 Å². The molecule has 0 spiro atoms. The lowest BCUT2D eigenvalue weighted by Gasteiger charge is -2.30. The number of hydrogen-bond donors (Lipinski definition) is 2. The molecule has 136 valence electrons. The normalized spacial score (nSPS) is 15.8. The predicted molar refractivity (Wildman–Crippen MR) is 96.9 cm³/mol. The largest absolute Gasteiger partial charge is 0.351 e. The summed E-state index contributed by atoms with van der Waals surface area (Å²) >= 11 is 0. The van der Waals surface area contributed by atoms with Gasteiger partial charge in [0.1, 0.15) is 0 Å². The van der Waals surface area contributed by atoms with E-state index in [2.05, 4.69) is 5.32 Å². The first kappa shape index (κ1) is 20.9. The molecule has 2 rings (SSSR count). The van der Waals surface area contributed by atoms with Crippen molar-refractivity contribution in [1.29, 1.82) is 0 Å². The van der Waals surface area contributed by atoms with Crippen molar-refractivity contribution < 1.29 is 13.2 Å². The SMILES string of the molecule is CN(C1CCCCC1)S(=O)(=O)c1cccc(C(=O)NCCN)c1.Cl. The highest BCUT2D eigenvalue weighted by Gasteiger charge is 2.29. The van der Waals surface area contributed by atoms with Gasteiger partial charge in [-0.25, -0.2) is 8.42 Å². The molecule has 3 N–H and O–H groups in total. The number of sulfonamides is 1. The molecule has 1 aromatic rings. The van der Waals surface area contributed by atoms with Gasteiger partial charge in [-0.05, 0) is 31.0 Å². The fourth-order valence-electron chi connectivity index (χ4n) is 2.89. The zero-order chi connectivity index (χ0) is 16.9. The van der Waals surface area contributed by atoms with Crippen LogP contribution in [0.15, 0.2) is 29.2 Å². The molecule has 8 heteroatoms. The van der Waals surface area contributed by atoms with Gasteiger partial charge in [0.05, 0.1) is 4.90 Å². The van der Waals surface area contributed by atoms with Crippen LogP contribution >= 0.6 is 12.4 Å². The van der Waals surface area contributed by atoms with Crippen molar-refractivity contribution in [1.82, 2.24) is 9.62 Å². The first-order valence-corrected chi connectivity index (χ1v) is 9.47. The zero-order valence-electron chi connectivity index (χ0n) is 13.9. The molecule has 0 aromatic heterocycles. The number of nitrogens with zero attached hydrogens (tertiary/aromatic N) is 1. The molecule has 24 heavy (non-hydrogen) atoms. The maximum Gasteiger partial charge on any atom is 0.251 e. The van der Waals surface area contributed by atoms with Crippen LogP contribution in [-0.4, -0.2) is 44.8 Å². The molecule has 0 unspecified atom stereocenters. The van der Waals surface area contributed by atoms with E-state index >= 15 is 0 Å². The van der Waals surface area contributed by atoms with Gasteiger partial charge in [-0.2, -0.15) is 4.31 Å². The van der Waals surface area contributed by atoms with Crippen molar-refractivity contribution in [2.75, 3.05) is 20.1 Å². The molecule has 1 saturated carbocycles. The first-order chi connectivity index (χ1) is 11.0. The van der Waals surface area contributed by atoms with E-state index < -0.39 is 10.0 Å². The third-order valence-electron chi connectivity index (χ3n) is 4.29. The summed E-state index contributed by atoms with van der Waals surface area (Å²) in [7, 11) is -1.96. The fraction of sp³-hybridized carbons (Fsp3) is 0.562. The Morgan fingerprint density at radius 3 is 2.58 bits per heavy atom. The molecule has 1 aromatic carbocycles. The van der Waals surface area contributed by atoms with Crippen LogP contribution in [0.25, 0.3) is 0 Å². The fourth-order valence-corrected chi connectivity index (χ4v) is 4.36. The maximum atomic E-state index is 12.8. The van der Waals surface area contributed by atoms with Crippen molar-refractivity contribution in [2.24, 2.45) is 5.73 Å². The van der Waals surface area contributed by atoms with Gasteiger partial charge in [-0.15, -0.1) is 12.4 Å². The van der Waals surface area contributed by atoms with E-state index in [0.29, 0.717) is 18.7 Å². The number of nitrogens with one attached hydrogen (secondary N) is 1. The summed E-state index contributed by atoms with van der Waals surface area (Å²) in [4.78, 5) is 12.1. The van der Waals surface area contributed by atoms with Crippen LogP contribution in [0.2, 0.25) is 0 Å². The first-order valence-electron chi connectivity index (χ1n) is 8.03. The summed E-state index contributed by atoms with van der Waals surface area (Å²) in [5, 5.41) is 2.65. The molecule has 6 nitrogen and oxygen atoms in total. The Balaban J connectivity index is 0.00000288. The van der Waals surface area contributed by atoms with Crippen LogP contribution in [0, 0.1) is 0 Å². The number of rotatable bonds is 6. The minimum atomic E-state index is -3.59. The second-order valence-corrected chi connectivity index (χ2v) is 7.88. The topological polar surface area (TPSA) is 92.5 Å². The van der Waals surface area contributed by atoms with Gasteiger partial charge in [-0.1, -0.05) is 25.3 Å². The van der Waals surface area contributed by atoms with E-state index in [1.54, 1.807) is 19.2 Å². The summed E-state index contributed by atoms with van der Waals surface area (Å²) in [6.45, 7) is 0.700. The number of hydrogen-bond acceptors (Lipinski definition) is 4. The van der Waals surface area contributed by atoms with Crippen molar-refractivity contribution in [3.63, 3.8) is 0 Å². The smallest absolute Gasteiger partial charge is 0.251 e. The predicted octanol–water partition coefficient (Wildman–Crippen LogP) is 1.75. The van der Waals surface area contributed by atoms with Gasteiger partial charge in [0.15, 0.2) is 0 Å². The number of benzene rings is 1. The summed E-state index contributed by atoms with van der Waals surface area (Å²) in [5.41, 5.74) is 5.69. The third kappa shape index (κ3) is 4.92.